The van der Waals surface area contributed by atoms with Gasteiger partial charge in [-0.2, -0.15) is 0 Å². The fraction of sp³-hybridized carbons (Fsp3) is 0.857. The Morgan fingerprint density at radius 2 is 1.90 bits per heavy atom. The summed E-state index contributed by atoms with van der Waals surface area (Å²) in [7, 11) is -5.64. The maximum atomic E-state index is 11.3. The summed E-state index contributed by atoms with van der Waals surface area (Å²) >= 11 is 0. The Balaban J connectivity index is 4.39. The van der Waals surface area contributed by atoms with Crippen molar-refractivity contribution in [2.45, 2.75) is 69.8 Å². The molecule has 0 saturated carbocycles. The van der Waals surface area contributed by atoms with Crippen LogP contribution in [0.1, 0.15) is 46.5 Å². The molecule has 3 N–H and O–H groups in total. The van der Waals surface area contributed by atoms with Crippen molar-refractivity contribution in [3.8, 4) is 0 Å². The second-order valence-electron chi connectivity index (χ2n) is 6.97. The van der Waals surface area contributed by atoms with E-state index in [0.717, 1.165) is 19.3 Å². The predicted octanol–water partition coefficient (Wildman–Crippen LogP) is 3.00. The van der Waals surface area contributed by atoms with E-state index in [0.29, 0.717) is 6.42 Å². The van der Waals surface area contributed by atoms with Gasteiger partial charge < -0.3 is 4.80 Å². The highest BCUT2D eigenvalue weighted by atomic mass is 32.2. The monoisotopic (exact) mass is 321 g/mol. The van der Waals surface area contributed by atoms with Gasteiger partial charge in [-0.3, -0.25) is 0 Å². The highest BCUT2D eigenvalue weighted by Crippen LogP contribution is 2.40. The summed E-state index contributed by atoms with van der Waals surface area (Å²) in [6.45, 7) is 13.6. The Bertz CT molecular complexity index is 413. The van der Waals surface area contributed by atoms with E-state index < -0.39 is 23.6 Å². The van der Waals surface area contributed by atoms with Crippen LogP contribution in [0.2, 0.25) is 18.1 Å². The van der Waals surface area contributed by atoms with Crippen LogP contribution < -0.4 is 5.14 Å². The molecule has 0 amide bonds. The van der Waals surface area contributed by atoms with Crippen LogP contribution in [-0.2, 0) is 10.0 Å². The molecule has 0 rings (SSSR count). The van der Waals surface area contributed by atoms with E-state index in [-0.39, 0.29) is 11.0 Å². The van der Waals surface area contributed by atoms with Gasteiger partial charge in [-0.25, -0.2) is 13.6 Å². The summed E-state index contributed by atoms with van der Waals surface area (Å²) in [6.07, 6.45) is 5.12. The maximum Gasteiger partial charge on any atom is 0.211 e. The molecule has 0 bridgehead atoms. The molecule has 120 valence electrons. The number of hydrogen-bond donors (Lipinski definition) is 2. The van der Waals surface area contributed by atoms with Crippen molar-refractivity contribution in [2.24, 2.45) is 11.1 Å². The van der Waals surface area contributed by atoms with E-state index >= 15 is 0 Å². The highest BCUT2D eigenvalue weighted by molar-refractivity contribution is 7.89. The molecule has 0 radical (unpaired) electrons. The SMILES string of the molecule is C=C[C@H](CCCC(C)(C)[Si](C)(C)O)C[C@@H](C)S(N)(=O)=O. The number of nitrogens with two attached hydrogens (primary N) is 1. The van der Waals surface area contributed by atoms with Crippen LogP contribution in [0, 0.1) is 5.92 Å². The fourth-order valence-corrected chi connectivity index (χ4v) is 3.31. The van der Waals surface area contributed by atoms with Gasteiger partial charge in [0.05, 0.1) is 5.25 Å². The van der Waals surface area contributed by atoms with Gasteiger partial charge in [0.2, 0.25) is 10.0 Å². The summed E-state index contributed by atoms with van der Waals surface area (Å²) < 4.78 is 22.5. The molecule has 0 aromatic carbocycles. The highest BCUT2D eigenvalue weighted by Gasteiger charge is 2.37. The van der Waals surface area contributed by atoms with E-state index in [2.05, 4.69) is 20.4 Å². The third-order valence-electron chi connectivity index (χ3n) is 4.56. The van der Waals surface area contributed by atoms with Crippen LogP contribution in [0.15, 0.2) is 12.7 Å². The second-order valence-corrected chi connectivity index (χ2v) is 13.4. The van der Waals surface area contributed by atoms with Gasteiger partial charge in [0.25, 0.3) is 0 Å². The minimum Gasteiger partial charge on any atom is -0.432 e. The molecule has 0 aromatic rings. The summed E-state index contributed by atoms with van der Waals surface area (Å²) in [4.78, 5) is 10.2. The van der Waals surface area contributed by atoms with Gasteiger partial charge in [0, 0.05) is 0 Å². The number of sulfonamides is 1. The van der Waals surface area contributed by atoms with E-state index in [1.807, 2.05) is 19.2 Å². The van der Waals surface area contributed by atoms with Crippen LogP contribution in [0.3, 0.4) is 0 Å². The molecule has 0 aliphatic rings. The fourth-order valence-electron chi connectivity index (χ4n) is 2.00. The topological polar surface area (TPSA) is 80.4 Å². The molecule has 2 atom stereocenters. The number of hydrogen-bond acceptors (Lipinski definition) is 3. The Morgan fingerprint density at radius 3 is 2.25 bits per heavy atom. The zero-order valence-corrected chi connectivity index (χ0v) is 15.3. The maximum absolute atomic E-state index is 11.3. The van der Waals surface area contributed by atoms with Crippen molar-refractivity contribution in [1.82, 2.24) is 0 Å². The van der Waals surface area contributed by atoms with E-state index in [9.17, 15) is 13.2 Å². The summed E-state index contributed by atoms with van der Waals surface area (Å²) in [5.41, 5.74) is 0. The summed E-state index contributed by atoms with van der Waals surface area (Å²) in [6, 6.07) is 0. The third-order valence-corrected chi connectivity index (χ3v) is 9.44. The lowest BCUT2D eigenvalue weighted by Gasteiger charge is -2.35. The quantitative estimate of drug-likeness (QED) is 0.506. The lowest BCUT2D eigenvalue weighted by molar-refractivity contribution is 0.417. The molecular weight excluding hydrogens is 290 g/mol. The van der Waals surface area contributed by atoms with Gasteiger partial charge in [-0.15, -0.1) is 6.58 Å². The number of primary sulfonamides is 1. The van der Waals surface area contributed by atoms with Crippen LogP contribution >= 0.6 is 0 Å². The smallest absolute Gasteiger partial charge is 0.211 e. The van der Waals surface area contributed by atoms with Crippen molar-refractivity contribution in [3.63, 3.8) is 0 Å². The molecule has 0 heterocycles. The minimum atomic E-state index is -3.47. The molecule has 0 spiro atoms. The van der Waals surface area contributed by atoms with Crippen LogP contribution in [0.25, 0.3) is 0 Å². The summed E-state index contributed by atoms with van der Waals surface area (Å²) in [5, 5.41) is 4.57. The first-order valence-electron chi connectivity index (χ1n) is 7.18. The van der Waals surface area contributed by atoms with Gasteiger partial charge in [-0.05, 0) is 50.2 Å². The van der Waals surface area contributed by atoms with Gasteiger partial charge >= 0.3 is 0 Å². The first kappa shape index (κ1) is 19.8. The zero-order valence-electron chi connectivity index (χ0n) is 13.5. The Labute approximate surface area is 125 Å². The Hall–Kier alpha value is -0.173. The van der Waals surface area contributed by atoms with Gasteiger partial charge in [0.15, 0.2) is 8.32 Å². The molecule has 20 heavy (non-hydrogen) atoms. The van der Waals surface area contributed by atoms with Crippen molar-refractivity contribution in [2.75, 3.05) is 0 Å². The average Bonchev–Trinajstić information content (AvgIpc) is 2.24. The van der Waals surface area contributed by atoms with Gasteiger partial charge in [-0.1, -0.05) is 26.3 Å². The second kappa shape index (κ2) is 7.20. The Morgan fingerprint density at radius 1 is 1.40 bits per heavy atom. The molecule has 0 fully saturated rings. The normalized spacial score (nSPS) is 16.8. The molecule has 0 aliphatic carbocycles. The Kier molecular flexibility index (Phi) is 7.14. The van der Waals surface area contributed by atoms with E-state index in [1.165, 1.54) is 0 Å². The molecular formula is C14H31NO3SSi. The lowest BCUT2D eigenvalue weighted by Crippen LogP contribution is -2.39. The van der Waals surface area contributed by atoms with E-state index in [1.54, 1.807) is 6.92 Å². The third kappa shape index (κ3) is 6.52. The molecule has 0 aliphatic heterocycles. The first-order valence-corrected chi connectivity index (χ1v) is 11.7. The first-order chi connectivity index (χ1) is 8.81. The van der Waals surface area contributed by atoms with Crippen molar-refractivity contribution in [1.29, 1.82) is 0 Å². The predicted molar refractivity (Wildman–Crippen MR) is 88.5 cm³/mol. The van der Waals surface area contributed by atoms with Crippen molar-refractivity contribution in [3.05, 3.63) is 12.7 Å². The number of allylic oxidation sites excluding steroid dienone is 1. The molecule has 4 nitrogen and oxygen atoms in total. The van der Waals surface area contributed by atoms with Crippen LogP contribution in [0.5, 0.6) is 0 Å². The molecule has 0 unspecified atom stereocenters. The van der Waals surface area contributed by atoms with Crippen LogP contribution in [-0.4, -0.2) is 26.8 Å². The molecule has 0 aromatic heterocycles. The molecule has 0 saturated heterocycles. The molecule has 6 heteroatoms. The van der Waals surface area contributed by atoms with Crippen molar-refractivity contribution >= 4 is 18.3 Å². The van der Waals surface area contributed by atoms with E-state index in [4.69, 9.17) is 5.14 Å². The van der Waals surface area contributed by atoms with Gasteiger partial charge in [0.1, 0.15) is 0 Å². The van der Waals surface area contributed by atoms with Crippen molar-refractivity contribution < 1.29 is 13.2 Å². The number of rotatable bonds is 9. The average molecular weight is 322 g/mol. The zero-order chi connectivity index (χ0) is 16.2. The largest absolute Gasteiger partial charge is 0.432 e. The minimum absolute atomic E-state index is 0.0374. The van der Waals surface area contributed by atoms with Crippen LogP contribution in [0.4, 0.5) is 0 Å². The lowest BCUT2D eigenvalue weighted by atomic mass is 9.94. The summed E-state index contributed by atoms with van der Waals surface area (Å²) in [5.74, 6) is 0.155. The standard InChI is InChI=1S/C14H31NO3SSi/c1-7-13(11-12(2)19(15,16)17)9-8-10-14(3,4)20(5,6)18/h7,12-13,18H,1,8-11H2,2-6H3,(H2,15,16,17)/t12-,13-/m1/s1.